The Morgan fingerprint density at radius 3 is 2.68 bits per heavy atom. The van der Waals surface area contributed by atoms with Gasteiger partial charge in [0.05, 0.1) is 23.2 Å². The van der Waals surface area contributed by atoms with E-state index in [0.29, 0.717) is 11.1 Å². The van der Waals surface area contributed by atoms with Crippen LogP contribution >= 0.6 is 41.5 Å². The van der Waals surface area contributed by atoms with E-state index in [4.69, 9.17) is 8.33 Å². The van der Waals surface area contributed by atoms with E-state index in [0.717, 1.165) is 6.07 Å². The molecule has 1 aromatic heterocycles. The first-order valence-electron chi connectivity index (χ1n) is 7.66. The van der Waals surface area contributed by atoms with E-state index in [-0.39, 0.29) is 17.7 Å². The molecule has 150 valence electrons. The van der Waals surface area contributed by atoms with E-state index in [1.807, 2.05) is 6.07 Å². The van der Waals surface area contributed by atoms with E-state index in [9.17, 15) is 21.6 Å². The zero-order valence-corrected chi connectivity index (χ0v) is 19.2. The molecule has 0 saturated heterocycles. The van der Waals surface area contributed by atoms with Crippen LogP contribution in [0.5, 0.6) is 0 Å². The monoisotopic (exact) mass is 561 g/mol. The van der Waals surface area contributed by atoms with Crippen LogP contribution in [-0.4, -0.2) is 28.6 Å². The zero-order valence-electron chi connectivity index (χ0n) is 13.9. The molecule has 3 unspecified atom stereocenters. The highest BCUT2D eigenvalue weighted by Gasteiger charge is 2.53. The maximum Gasteiger partial charge on any atom is 0.282 e. The van der Waals surface area contributed by atoms with Crippen molar-refractivity contribution >= 4 is 51.3 Å². The molecule has 0 bridgehead atoms. The van der Waals surface area contributed by atoms with Gasteiger partial charge in [-0.15, -0.1) is 0 Å². The molecule has 0 fully saturated rings. The van der Waals surface area contributed by atoms with Crippen molar-refractivity contribution in [1.82, 2.24) is 9.78 Å². The van der Waals surface area contributed by atoms with Gasteiger partial charge in [0, 0.05) is 18.2 Å². The van der Waals surface area contributed by atoms with Gasteiger partial charge in [-0.2, -0.15) is 10.4 Å². The van der Waals surface area contributed by atoms with Crippen LogP contribution in [0.4, 0.5) is 13.2 Å². The molecule has 2 aromatic rings. The number of benzene rings is 1. The van der Waals surface area contributed by atoms with Crippen LogP contribution in [0, 0.1) is 11.3 Å². The molecule has 6 nitrogen and oxygen atoms in total. The molecule has 3 atom stereocenters. The van der Waals surface area contributed by atoms with Crippen molar-refractivity contribution in [2.45, 2.75) is 34.4 Å². The van der Waals surface area contributed by atoms with Crippen molar-refractivity contribution < 1.29 is 24.7 Å². The molecule has 1 aliphatic rings. The highest BCUT2D eigenvalue weighted by molar-refractivity contribution is 14.1. The van der Waals surface area contributed by atoms with Crippen LogP contribution in [0.2, 0.25) is 0 Å². The van der Waals surface area contributed by atoms with Crippen LogP contribution < -0.4 is 0 Å². The third-order valence-electron chi connectivity index (χ3n) is 4.36. The van der Waals surface area contributed by atoms with E-state index in [1.165, 1.54) is 46.1 Å². The number of hydrogen-bond acceptors (Lipinski definition) is 5. The molecule has 0 aliphatic heterocycles. The van der Waals surface area contributed by atoms with Crippen molar-refractivity contribution in [2.24, 2.45) is 0 Å². The lowest BCUT2D eigenvalue weighted by atomic mass is 10.0. The third-order valence-corrected chi connectivity index (χ3v) is 8.49. The number of aromatic nitrogens is 2. The predicted octanol–water partition coefficient (Wildman–Crippen LogP) is 3.51. The average Bonchev–Trinajstić information content (AvgIpc) is 3.14. The number of alkyl halides is 3. The maximum atomic E-state index is 14.5. The molecule has 0 N–H and O–H groups in total. The summed E-state index contributed by atoms with van der Waals surface area (Å²) in [4.78, 5) is -0.546. The Labute approximate surface area is 177 Å². The lowest BCUT2D eigenvalue weighted by molar-refractivity contribution is -0.0705. The van der Waals surface area contributed by atoms with Gasteiger partial charge in [-0.3, -0.25) is 4.68 Å². The lowest BCUT2D eigenvalue weighted by Gasteiger charge is -2.22. The van der Waals surface area contributed by atoms with Gasteiger partial charge in [0.25, 0.3) is 5.92 Å². The van der Waals surface area contributed by atoms with Crippen LogP contribution in [0.15, 0.2) is 29.4 Å². The lowest BCUT2D eigenvalue weighted by Crippen LogP contribution is -2.25. The van der Waals surface area contributed by atoms with Crippen molar-refractivity contribution in [2.75, 3.05) is 0 Å². The fraction of sp³-hybridized carbons (Fsp3) is 0.333. The fourth-order valence-electron chi connectivity index (χ4n) is 3.07. The zero-order chi connectivity index (χ0) is 20.9. The van der Waals surface area contributed by atoms with Gasteiger partial charge in [-0.05, 0) is 17.2 Å². The quantitative estimate of drug-likeness (QED) is 0.413. The summed E-state index contributed by atoms with van der Waals surface area (Å²) in [6.45, 7) is 0.0386. The first kappa shape index (κ1) is 21.9. The normalized spacial score (nSPS) is 18.7. The standard InChI is InChI=1S/C15H13F3IN3O3P2S/c16-14(17)3-10-9(7-22-6-8(4-20)5-21-22)1-2-11(12(10)13(14)25-19)28(23,24)15(18,26)27/h1-2,5-6,13H,3,7,26-27H2. The second kappa shape index (κ2) is 7.47. The van der Waals surface area contributed by atoms with Gasteiger partial charge in [-0.25, -0.2) is 21.6 Å². The number of halogens is 4. The molecular formula is C15H13F3IN3O3P2S. The van der Waals surface area contributed by atoms with Crippen LogP contribution in [0.1, 0.15) is 28.4 Å². The Kier molecular flexibility index (Phi) is 5.85. The third kappa shape index (κ3) is 3.70. The maximum absolute atomic E-state index is 14.5. The summed E-state index contributed by atoms with van der Waals surface area (Å²) < 4.78 is 72.1. The van der Waals surface area contributed by atoms with E-state index >= 15 is 0 Å². The predicted molar refractivity (Wildman–Crippen MR) is 109 cm³/mol. The van der Waals surface area contributed by atoms with Crippen LogP contribution in [0.3, 0.4) is 0 Å². The van der Waals surface area contributed by atoms with Crippen molar-refractivity contribution in [1.29, 1.82) is 5.26 Å². The largest absolute Gasteiger partial charge is 0.301 e. The van der Waals surface area contributed by atoms with Crippen LogP contribution in [-0.2, 0) is 25.9 Å². The summed E-state index contributed by atoms with van der Waals surface area (Å²) in [7, 11) is -1.53. The Hall–Kier alpha value is -0.790. The first-order valence-corrected chi connectivity index (χ1v) is 11.2. The Balaban J connectivity index is 2.20. The number of rotatable bonds is 5. The van der Waals surface area contributed by atoms with Gasteiger partial charge in [0.2, 0.25) is 14.3 Å². The minimum Gasteiger partial charge on any atom is -0.301 e. The molecule has 0 saturated carbocycles. The number of nitriles is 1. The molecule has 0 spiro atoms. The molecule has 1 aliphatic carbocycles. The summed E-state index contributed by atoms with van der Waals surface area (Å²) in [5.41, 5.74) is 0.495. The number of hydrogen-bond donors (Lipinski definition) is 0. The molecule has 3 rings (SSSR count). The first-order chi connectivity index (χ1) is 12.9. The molecule has 28 heavy (non-hydrogen) atoms. The van der Waals surface area contributed by atoms with Crippen molar-refractivity contribution in [3.05, 3.63) is 46.8 Å². The minimum atomic E-state index is -4.61. The van der Waals surface area contributed by atoms with E-state index < -0.39 is 37.7 Å². The molecule has 1 aromatic carbocycles. The highest BCUT2D eigenvalue weighted by atomic mass is 127. The topological polar surface area (TPSA) is 85.0 Å². The van der Waals surface area contributed by atoms with E-state index in [1.54, 1.807) is 18.5 Å². The molecule has 0 amide bonds. The van der Waals surface area contributed by atoms with Crippen molar-refractivity contribution in [3.63, 3.8) is 0 Å². The average molecular weight is 561 g/mol. The van der Waals surface area contributed by atoms with Gasteiger partial charge in [0.15, 0.2) is 6.10 Å². The molecule has 13 heteroatoms. The van der Waals surface area contributed by atoms with Crippen LogP contribution in [0.25, 0.3) is 0 Å². The summed E-state index contributed by atoms with van der Waals surface area (Å²) >= 11 is 1.29. The van der Waals surface area contributed by atoms with Crippen molar-refractivity contribution in [3.8, 4) is 6.07 Å². The molecule has 0 radical (unpaired) electrons. The minimum absolute atomic E-state index is 0.0386. The number of nitrogens with zero attached hydrogens (tertiary/aromatic N) is 3. The summed E-state index contributed by atoms with van der Waals surface area (Å²) in [6.07, 6.45) is 0.171. The SMILES string of the molecule is N#Cc1cnn(Cc2ccc(S(=O)(=O)C(F)(P)P)c3c2CC(F)(F)C3OI)c1. The number of fused-ring (bicyclic) bond motifs is 1. The Morgan fingerprint density at radius 2 is 2.14 bits per heavy atom. The summed E-state index contributed by atoms with van der Waals surface area (Å²) in [6, 6.07) is 4.37. The molecule has 1 heterocycles. The van der Waals surface area contributed by atoms with E-state index in [2.05, 4.69) is 5.10 Å². The van der Waals surface area contributed by atoms with Gasteiger partial charge < -0.3 is 3.07 Å². The second-order valence-corrected chi connectivity index (χ2v) is 12.0. The summed E-state index contributed by atoms with van der Waals surface area (Å²) in [5.74, 6) is -3.37. The Bertz CT molecular complexity index is 1080. The van der Waals surface area contributed by atoms with Gasteiger partial charge >= 0.3 is 0 Å². The highest BCUT2D eigenvalue weighted by Crippen LogP contribution is 2.52. The van der Waals surface area contributed by atoms with Gasteiger partial charge in [-0.1, -0.05) is 24.5 Å². The summed E-state index contributed by atoms with van der Waals surface area (Å²) in [5, 5.41) is 12.9. The fourth-order valence-corrected chi connectivity index (χ4v) is 5.56. The Morgan fingerprint density at radius 1 is 1.46 bits per heavy atom. The number of sulfone groups is 1. The molecular weight excluding hydrogens is 548 g/mol. The smallest absolute Gasteiger partial charge is 0.282 e. The second-order valence-electron chi connectivity index (χ2n) is 6.26. The van der Waals surface area contributed by atoms with Gasteiger partial charge in [0.1, 0.15) is 29.1 Å².